The van der Waals surface area contributed by atoms with Crippen LogP contribution in [0.3, 0.4) is 0 Å². The van der Waals surface area contributed by atoms with Crippen LogP contribution in [-0.2, 0) is 0 Å². The molecule has 20 heavy (non-hydrogen) atoms. The van der Waals surface area contributed by atoms with Gasteiger partial charge in [-0.25, -0.2) is 0 Å². The molecule has 0 bridgehead atoms. The van der Waals surface area contributed by atoms with Crippen molar-refractivity contribution in [1.82, 2.24) is 10.3 Å². The Morgan fingerprint density at radius 2 is 2.05 bits per heavy atom. The van der Waals surface area contributed by atoms with Crippen LogP contribution in [0, 0.1) is 0 Å². The van der Waals surface area contributed by atoms with Crippen LogP contribution in [0.2, 0.25) is 0 Å². The lowest BCUT2D eigenvalue weighted by Gasteiger charge is -2.15. The normalized spacial score (nSPS) is 12.2. The fourth-order valence-corrected chi connectivity index (χ4v) is 2.69. The van der Waals surface area contributed by atoms with Gasteiger partial charge in [0.05, 0.1) is 10.7 Å². The van der Waals surface area contributed by atoms with Crippen LogP contribution in [-0.4, -0.2) is 11.5 Å². The molecule has 3 nitrogen and oxygen atoms in total. The average molecular weight is 400 g/mol. The highest BCUT2D eigenvalue weighted by atomic mass is 79.9. The molecule has 1 aromatic carbocycles. The van der Waals surface area contributed by atoms with E-state index in [1.165, 1.54) is 5.56 Å². The molecule has 0 aliphatic carbocycles. The third kappa shape index (κ3) is 4.04. The van der Waals surface area contributed by atoms with Gasteiger partial charge in [-0.3, -0.25) is 4.98 Å². The quantitative estimate of drug-likeness (QED) is 0.761. The molecule has 1 atom stereocenters. The van der Waals surface area contributed by atoms with Crippen molar-refractivity contribution in [3.8, 4) is 11.5 Å². The van der Waals surface area contributed by atoms with E-state index in [1.54, 1.807) is 12.4 Å². The number of hydrogen-bond donors (Lipinski definition) is 1. The van der Waals surface area contributed by atoms with Crippen LogP contribution >= 0.6 is 31.9 Å². The molecular formula is C15H16Br2N2O. The first-order valence-corrected chi connectivity index (χ1v) is 8.00. The van der Waals surface area contributed by atoms with Crippen molar-refractivity contribution in [2.24, 2.45) is 0 Å². The van der Waals surface area contributed by atoms with Gasteiger partial charge in [0.1, 0.15) is 11.5 Å². The number of halogens is 2. The largest absolute Gasteiger partial charge is 0.455 e. The van der Waals surface area contributed by atoms with Crippen molar-refractivity contribution in [2.45, 2.75) is 19.9 Å². The fraction of sp³-hybridized carbons (Fsp3) is 0.267. The summed E-state index contributed by atoms with van der Waals surface area (Å²) in [6.45, 7) is 5.19. The Labute approximate surface area is 136 Å². The summed E-state index contributed by atoms with van der Waals surface area (Å²) in [5.74, 6) is 1.48. The first-order valence-electron chi connectivity index (χ1n) is 6.41. The Kier molecular flexibility index (Phi) is 5.57. The second-order valence-corrected chi connectivity index (χ2v) is 6.18. The maximum atomic E-state index is 5.82. The molecule has 0 aliphatic heterocycles. The van der Waals surface area contributed by atoms with E-state index >= 15 is 0 Å². The summed E-state index contributed by atoms with van der Waals surface area (Å²) in [5.41, 5.74) is 1.22. The van der Waals surface area contributed by atoms with Crippen LogP contribution in [0.1, 0.15) is 25.5 Å². The second kappa shape index (κ2) is 7.20. The van der Waals surface area contributed by atoms with Gasteiger partial charge in [0.25, 0.3) is 0 Å². The first kappa shape index (κ1) is 15.5. The molecule has 2 aromatic rings. The summed E-state index contributed by atoms with van der Waals surface area (Å²) < 4.78 is 7.65. The molecular weight excluding hydrogens is 384 g/mol. The number of aromatic nitrogens is 1. The van der Waals surface area contributed by atoms with Gasteiger partial charge in [-0.2, -0.15) is 0 Å². The molecule has 0 saturated carbocycles. The lowest BCUT2D eigenvalue weighted by atomic mass is 10.1. The van der Waals surface area contributed by atoms with Crippen molar-refractivity contribution in [3.63, 3.8) is 0 Å². The van der Waals surface area contributed by atoms with Crippen molar-refractivity contribution < 1.29 is 4.74 Å². The molecule has 1 unspecified atom stereocenters. The molecule has 0 radical (unpaired) electrons. The number of pyridine rings is 1. The third-order valence-corrected chi connectivity index (χ3v) is 3.93. The number of nitrogens with one attached hydrogen (secondary N) is 1. The highest BCUT2D eigenvalue weighted by Gasteiger charge is 2.09. The minimum atomic E-state index is 0.317. The molecule has 0 aliphatic rings. The van der Waals surface area contributed by atoms with E-state index in [0.717, 1.165) is 21.2 Å². The van der Waals surface area contributed by atoms with E-state index in [2.05, 4.69) is 68.1 Å². The van der Waals surface area contributed by atoms with Crippen molar-refractivity contribution in [3.05, 3.63) is 51.2 Å². The van der Waals surface area contributed by atoms with Gasteiger partial charge in [-0.15, -0.1) is 0 Å². The summed E-state index contributed by atoms with van der Waals surface area (Å²) in [4.78, 5) is 4.08. The molecule has 1 aromatic heterocycles. The highest BCUT2D eigenvalue weighted by Crippen LogP contribution is 2.32. The van der Waals surface area contributed by atoms with Crippen LogP contribution < -0.4 is 10.1 Å². The predicted octanol–water partition coefficient (Wildman–Crippen LogP) is 5.07. The smallest absolute Gasteiger partial charge is 0.146 e. The van der Waals surface area contributed by atoms with Crippen molar-refractivity contribution in [1.29, 1.82) is 0 Å². The molecule has 1 N–H and O–H groups in total. The second-order valence-electron chi connectivity index (χ2n) is 4.41. The topological polar surface area (TPSA) is 34.1 Å². The maximum Gasteiger partial charge on any atom is 0.146 e. The zero-order chi connectivity index (χ0) is 14.5. The minimum Gasteiger partial charge on any atom is -0.455 e. The SMILES string of the molecule is CCNC(C)c1ccc(Oc2cncc(Br)c2)c(Br)c1. The Hall–Kier alpha value is -0.910. The summed E-state index contributed by atoms with van der Waals surface area (Å²) in [6.07, 6.45) is 3.41. The van der Waals surface area contributed by atoms with Gasteiger partial charge in [-0.05, 0) is 69.1 Å². The zero-order valence-corrected chi connectivity index (χ0v) is 14.5. The van der Waals surface area contributed by atoms with Gasteiger partial charge < -0.3 is 10.1 Å². The number of nitrogens with zero attached hydrogens (tertiary/aromatic N) is 1. The van der Waals surface area contributed by atoms with Gasteiger partial charge >= 0.3 is 0 Å². The molecule has 0 spiro atoms. The summed E-state index contributed by atoms with van der Waals surface area (Å²) in [7, 11) is 0. The van der Waals surface area contributed by atoms with Crippen LogP contribution in [0.25, 0.3) is 0 Å². The maximum absolute atomic E-state index is 5.82. The van der Waals surface area contributed by atoms with E-state index in [9.17, 15) is 0 Å². The van der Waals surface area contributed by atoms with E-state index in [4.69, 9.17) is 4.74 Å². The van der Waals surface area contributed by atoms with E-state index in [1.807, 2.05) is 12.1 Å². The molecule has 106 valence electrons. The molecule has 1 heterocycles. The predicted molar refractivity (Wildman–Crippen MR) is 88.2 cm³/mol. The van der Waals surface area contributed by atoms with Crippen molar-refractivity contribution in [2.75, 3.05) is 6.54 Å². The van der Waals surface area contributed by atoms with Gasteiger partial charge in [-0.1, -0.05) is 13.0 Å². The Morgan fingerprint density at radius 1 is 1.25 bits per heavy atom. The molecule has 5 heteroatoms. The van der Waals surface area contributed by atoms with E-state index < -0.39 is 0 Å². The fourth-order valence-electron chi connectivity index (χ4n) is 1.87. The third-order valence-electron chi connectivity index (χ3n) is 2.87. The van der Waals surface area contributed by atoms with Gasteiger partial charge in [0.2, 0.25) is 0 Å². The number of benzene rings is 1. The molecule has 0 fully saturated rings. The van der Waals surface area contributed by atoms with Crippen LogP contribution in [0.15, 0.2) is 45.6 Å². The minimum absolute atomic E-state index is 0.317. The molecule has 2 rings (SSSR count). The summed E-state index contributed by atoms with van der Waals surface area (Å²) >= 11 is 6.94. The lowest BCUT2D eigenvalue weighted by molar-refractivity contribution is 0.476. The van der Waals surface area contributed by atoms with Gasteiger partial charge in [0, 0.05) is 16.7 Å². The van der Waals surface area contributed by atoms with Crippen LogP contribution in [0.5, 0.6) is 11.5 Å². The van der Waals surface area contributed by atoms with E-state index in [-0.39, 0.29) is 0 Å². The molecule has 0 saturated heterocycles. The standard InChI is InChI=1S/C15H16Br2N2O/c1-3-19-10(2)11-4-5-15(14(17)6-11)20-13-7-12(16)8-18-9-13/h4-10,19H,3H2,1-2H3. The highest BCUT2D eigenvalue weighted by molar-refractivity contribution is 9.10. The van der Waals surface area contributed by atoms with Crippen molar-refractivity contribution >= 4 is 31.9 Å². The number of hydrogen-bond acceptors (Lipinski definition) is 3. The van der Waals surface area contributed by atoms with Gasteiger partial charge in [0.15, 0.2) is 0 Å². The van der Waals surface area contributed by atoms with E-state index in [0.29, 0.717) is 11.8 Å². The Bertz CT molecular complexity index is 590. The molecule has 0 amide bonds. The zero-order valence-electron chi connectivity index (χ0n) is 11.4. The lowest BCUT2D eigenvalue weighted by Crippen LogP contribution is -2.17. The monoisotopic (exact) mass is 398 g/mol. The number of ether oxygens (including phenoxy) is 1. The summed E-state index contributed by atoms with van der Waals surface area (Å²) in [6, 6.07) is 8.31. The Morgan fingerprint density at radius 3 is 2.70 bits per heavy atom. The van der Waals surface area contributed by atoms with Crippen LogP contribution in [0.4, 0.5) is 0 Å². The average Bonchev–Trinajstić information content (AvgIpc) is 2.41. The number of rotatable bonds is 5. The Balaban J connectivity index is 2.17. The first-order chi connectivity index (χ1) is 9.60. The summed E-state index contributed by atoms with van der Waals surface area (Å²) in [5, 5.41) is 3.39.